The van der Waals surface area contributed by atoms with Crippen LogP contribution in [0.4, 0.5) is 4.39 Å². The average molecular weight is 426 g/mol. The van der Waals surface area contributed by atoms with Crippen molar-refractivity contribution in [2.24, 2.45) is 0 Å². The van der Waals surface area contributed by atoms with Crippen LogP contribution in [0.15, 0.2) is 51.3 Å². The van der Waals surface area contributed by atoms with E-state index >= 15 is 0 Å². The number of furan rings is 1. The van der Waals surface area contributed by atoms with Gasteiger partial charge in [-0.3, -0.25) is 4.79 Å². The zero-order chi connectivity index (χ0) is 20.8. The van der Waals surface area contributed by atoms with E-state index in [-0.39, 0.29) is 30.1 Å². The van der Waals surface area contributed by atoms with Gasteiger partial charge in [-0.1, -0.05) is 23.7 Å². The van der Waals surface area contributed by atoms with Gasteiger partial charge in [0.1, 0.15) is 11.4 Å². The molecule has 1 fully saturated rings. The Balaban J connectivity index is 1.44. The molecule has 0 spiro atoms. The summed E-state index contributed by atoms with van der Waals surface area (Å²) in [6.07, 6.45) is 1.79. The van der Waals surface area contributed by atoms with Crippen molar-refractivity contribution in [3.63, 3.8) is 0 Å². The monoisotopic (exact) mass is 425 g/mol. The highest BCUT2D eigenvalue weighted by atomic mass is 35.5. The first-order chi connectivity index (χ1) is 14.5. The number of amides is 1. The van der Waals surface area contributed by atoms with Crippen molar-refractivity contribution in [3.05, 3.63) is 70.5 Å². The van der Waals surface area contributed by atoms with E-state index in [1.807, 2.05) is 12.1 Å². The molecule has 0 saturated heterocycles. The van der Waals surface area contributed by atoms with Crippen LogP contribution in [0.25, 0.3) is 22.4 Å². The molecular formula is C22H17ClFN3O3. The van der Waals surface area contributed by atoms with Gasteiger partial charge >= 0.3 is 0 Å². The van der Waals surface area contributed by atoms with E-state index in [9.17, 15) is 9.18 Å². The van der Waals surface area contributed by atoms with Crippen LogP contribution < -0.4 is 0 Å². The summed E-state index contributed by atoms with van der Waals surface area (Å²) in [4.78, 5) is 14.9. The predicted molar refractivity (Wildman–Crippen MR) is 109 cm³/mol. The summed E-state index contributed by atoms with van der Waals surface area (Å²) in [5.74, 6) is 0.166. The highest BCUT2D eigenvalue weighted by molar-refractivity contribution is 6.33. The molecule has 0 unspecified atom stereocenters. The van der Waals surface area contributed by atoms with Crippen molar-refractivity contribution in [1.82, 2.24) is 15.1 Å². The van der Waals surface area contributed by atoms with Crippen LogP contribution in [0.3, 0.4) is 0 Å². The molecule has 6 nitrogen and oxygen atoms in total. The molecule has 8 heteroatoms. The minimum absolute atomic E-state index is 0.0810. The number of aryl methyl sites for hydroxylation is 1. The first-order valence-electron chi connectivity index (χ1n) is 9.58. The molecule has 2 aromatic carbocycles. The van der Waals surface area contributed by atoms with Gasteiger partial charge in [0.15, 0.2) is 5.76 Å². The fourth-order valence-corrected chi connectivity index (χ4v) is 3.70. The van der Waals surface area contributed by atoms with Gasteiger partial charge in [-0.05, 0) is 50.1 Å². The molecule has 2 heterocycles. The van der Waals surface area contributed by atoms with Gasteiger partial charge in [-0.2, -0.15) is 0 Å². The van der Waals surface area contributed by atoms with Crippen LogP contribution in [0.2, 0.25) is 5.02 Å². The van der Waals surface area contributed by atoms with Crippen molar-refractivity contribution >= 4 is 28.5 Å². The Bertz CT molecular complexity index is 1260. The van der Waals surface area contributed by atoms with E-state index in [0.29, 0.717) is 38.9 Å². The Hall–Kier alpha value is -3.19. The maximum absolute atomic E-state index is 13.6. The molecule has 0 radical (unpaired) electrons. The Morgan fingerprint density at radius 1 is 1.20 bits per heavy atom. The van der Waals surface area contributed by atoms with Gasteiger partial charge in [-0.25, -0.2) is 4.39 Å². The van der Waals surface area contributed by atoms with Crippen LogP contribution >= 0.6 is 11.6 Å². The Morgan fingerprint density at radius 2 is 2.00 bits per heavy atom. The first kappa shape index (κ1) is 18.8. The van der Waals surface area contributed by atoms with E-state index in [2.05, 4.69) is 10.2 Å². The van der Waals surface area contributed by atoms with Gasteiger partial charge in [0.05, 0.1) is 17.1 Å². The molecule has 0 bridgehead atoms. The van der Waals surface area contributed by atoms with Gasteiger partial charge in [0.25, 0.3) is 5.91 Å². The highest BCUT2D eigenvalue weighted by Gasteiger charge is 2.36. The fraction of sp³-hybridized carbons (Fsp3) is 0.227. The number of hydrogen-bond donors (Lipinski definition) is 0. The second-order valence-corrected chi connectivity index (χ2v) is 7.75. The van der Waals surface area contributed by atoms with Crippen LogP contribution in [-0.4, -0.2) is 27.0 Å². The molecule has 1 aliphatic carbocycles. The summed E-state index contributed by atoms with van der Waals surface area (Å²) in [5, 5.41) is 9.26. The summed E-state index contributed by atoms with van der Waals surface area (Å²) < 4.78 is 25.1. The SMILES string of the molecule is Cc1c(C(=O)N(Cc2nnc(-c3ccccc3Cl)o2)C2CC2)oc2ccc(F)cc12. The lowest BCUT2D eigenvalue weighted by Gasteiger charge is -2.19. The molecule has 5 rings (SSSR count). The quantitative estimate of drug-likeness (QED) is 0.428. The third-order valence-electron chi connectivity index (χ3n) is 5.22. The van der Waals surface area contributed by atoms with E-state index in [4.69, 9.17) is 20.4 Å². The number of carbonyl (C=O) groups is 1. The second-order valence-electron chi connectivity index (χ2n) is 7.34. The summed E-state index contributed by atoms with van der Waals surface area (Å²) >= 11 is 6.20. The van der Waals surface area contributed by atoms with E-state index in [1.54, 1.807) is 24.0 Å². The molecule has 0 N–H and O–H groups in total. The highest BCUT2D eigenvalue weighted by Crippen LogP contribution is 2.34. The molecule has 4 aromatic rings. The number of aromatic nitrogens is 2. The normalized spacial score (nSPS) is 13.7. The number of hydrogen-bond acceptors (Lipinski definition) is 5. The molecule has 0 aliphatic heterocycles. The van der Waals surface area contributed by atoms with Gasteiger partial charge < -0.3 is 13.7 Å². The Labute approximate surface area is 176 Å². The lowest BCUT2D eigenvalue weighted by molar-refractivity contribution is 0.0683. The Morgan fingerprint density at radius 3 is 2.77 bits per heavy atom. The fourth-order valence-electron chi connectivity index (χ4n) is 3.49. The largest absolute Gasteiger partial charge is 0.451 e. The zero-order valence-corrected chi connectivity index (χ0v) is 16.8. The topological polar surface area (TPSA) is 72.4 Å². The van der Waals surface area contributed by atoms with Crippen LogP contribution in [0, 0.1) is 12.7 Å². The summed E-state index contributed by atoms with van der Waals surface area (Å²) in [6, 6.07) is 11.5. The minimum atomic E-state index is -0.373. The van der Waals surface area contributed by atoms with Crippen molar-refractivity contribution in [2.75, 3.05) is 0 Å². The number of halogens is 2. The summed E-state index contributed by atoms with van der Waals surface area (Å²) in [6.45, 7) is 1.91. The number of rotatable bonds is 5. The maximum atomic E-state index is 13.6. The second kappa shape index (κ2) is 7.25. The summed E-state index contributed by atoms with van der Waals surface area (Å²) in [5.41, 5.74) is 1.73. The van der Waals surface area contributed by atoms with Crippen LogP contribution in [-0.2, 0) is 6.54 Å². The molecule has 2 aromatic heterocycles. The molecule has 30 heavy (non-hydrogen) atoms. The molecule has 1 aliphatic rings. The predicted octanol–water partition coefficient (Wildman–Crippen LogP) is 5.39. The lowest BCUT2D eigenvalue weighted by Crippen LogP contribution is -2.32. The number of nitrogens with zero attached hydrogens (tertiary/aromatic N) is 3. The number of fused-ring (bicyclic) bond motifs is 1. The van der Waals surface area contributed by atoms with Gasteiger partial charge in [-0.15, -0.1) is 10.2 Å². The van der Waals surface area contributed by atoms with Crippen LogP contribution in [0.5, 0.6) is 0 Å². The molecule has 1 saturated carbocycles. The van der Waals surface area contributed by atoms with Crippen LogP contribution in [0.1, 0.15) is 34.9 Å². The van der Waals surface area contributed by atoms with E-state index in [1.165, 1.54) is 18.2 Å². The summed E-state index contributed by atoms with van der Waals surface area (Å²) in [7, 11) is 0. The number of benzene rings is 2. The molecule has 0 atom stereocenters. The lowest BCUT2D eigenvalue weighted by atomic mass is 10.1. The van der Waals surface area contributed by atoms with E-state index in [0.717, 1.165) is 12.8 Å². The van der Waals surface area contributed by atoms with Crippen molar-refractivity contribution < 1.29 is 18.0 Å². The van der Waals surface area contributed by atoms with Crippen molar-refractivity contribution in [2.45, 2.75) is 32.4 Å². The average Bonchev–Trinajstić information content (AvgIpc) is 3.39. The molecule has 1 amide bonds. The van der Waals surface area contributed by atoms with Crippen molar-refractivity contribution in [1.29, 1.82) is 0 Å². The standard InChI is InChI=1S/C22H17ClFN3O3/c1-12-16-10-13(24)6-9-18(16)29-20(12)22(28)27(14-7-8-14)11-19-25-26-21(30-19)15-4-2-3-5-17(15)23/h2-6,9-10,14H,7-8,11H2,1H3. The van der Waals surface area contributed by atoms with E-state index < -0.39 is 0 Å². The third-order valence-corrected chi connectivity index (χ3v) is 5.55. The van der Waals surface area contributed by atoms with Gasteiger partial charge in [0.2, 0.25) is 11.8 Å². The smallest absolute Gasteiger partial charge is 0.290 e. The third kappa shape index (κ3) is 3.35. The molecular weight excluding hydrogens is 409 g/mol. The molecule has 152 valence electrons. The number of carbonyl (C=O) groups excluding carboxylic acids is 1. The zero-order valence-electron chi connectivity index (χ0n) is 16.1. The minimum Gasteiger partial charge on any atom is -0.451 e. The van der Waals surface area contributed by atoms with Gasteiger partial charge in [0, 0.05) is 17.0 Å². The first-order valence-corrected chi connectivity index (χ1v) is 9.96. The maximum Gasteiger partial charge on any atom is 0.290 e. The van der Waals surface area contributed by atoms with Crippen molar-refractivity contribution in [3.8, 4) is 11.5 Å². The Kier molecular flexibility index (Phi) is 4.55.